The van der Waals surface area contributed by atoms with E-state index in [0.717, 1.165) is 11.5 Å². The van der Waals surface area contributed by atoms with Crippen molar-refractivity contribution in [1.29, 1.82) is 0 Å². The zero-order valence-electron chi connectivity index (χ0n) is 19.3. The summed E-state index contributed by atoms with van der Waals surface area (Å²) in [6.07, 6.45) is 4.77. The van der Waals surface area contributed by atoms with Crippen molar-refractivity contribution in [1.82, 2.24) is 0 Å². The van der Waals surface area contributed by atoms with Gasteiger partial charge in [0.25, 0.3) is 0 Å². The van der Waals surface area contributed by atoms with E-state index in [9.17, 15) is 0 Å². The molecular weight excluding hydrogens is 416 g/mol. The van der Waals surface area contributed by atoms with E-state index in [1.807, 2.05) is 0 Å². The maximum absolute atomic E-state index is 6.51. The van der Waals surface area contributed by atoms with Crippen molar-refractivity contribution < 1.29 is 23.7 Å². The molecule has 0 radical (unpaired) electrons. The van der Waals surface area contributed by atoms with Gasteiger partial charge in [0.1, 0.15) is 24.7 Å². The molecule has 2 fully saturated rings. The van der Waals surface area contributed by atoms with Crippen molar-refractivity contribution in [2.24, 2.45) is 0 Å². The molecule has 2 saturated carbocycles. The standard InChI is InChI=1S/C28H34O5/c1-3-23-19-7-9-21(19)25-5-2-6-26-22-10-8-20(22)24(4-1)27(23)32-17-15-30-13-11-29-12-14-31-16-18-33-28(25)26/h1-6,19-22H,7-18H2. The quantitative estimate of drug-likeness (QED) is 0.556. The lowest BCUT2D eigenvalue weighted by atomic mass is 9.61. The van der Waals surface area contributed by atoms with Crippen LogP contribution in [0, 0.1) is 0 Å². The predicted octanol–water partition coefficient (Wildman–Crippen LogP) is 5.14. The average molecular weight is 451 g/mol. The zero-order valence-corrected chi connectivity index (χ0v) is 19.3. The van der Waals surface area contributed by atoms with Crippen LogP contribution < -0.4 is 9.47 Å². The Kier molecular flexibility index (Phi) is 6.27. The summed E-state index contributed by atoms with van der Waals surface area (Å²) in [5, 5.41) is 0. The number of para-hydroxylation sites is 2. The van der Waals surface area contributed by atoms with E-state index in [1.165, 1.54) is 47.9 Å². The first-order valence-corrected chi connectivity index (χ1v) is 12.7. The molecule has 4 unspecified atom stereocenters. The van der Waals surface area contributed by atoms with Crippen LogP contribution in [0.5, 0.6) is 11.5 Å². The molecule has 0 aromatic heterocycles. The Hall–Kier alpha value is -2.08. The Morgan fingerprint density at radius 2 is 0.727 bits per heavy atom. The Labute approximate surface area is 196 Å². The summed E-state index contributed by atoms with van der Waals surface area (Å²) in [5.41, 5.74) is 5.49. The smallest absolute Gasteiger partial charge is 0.126 e. The topological polar surface area (TPSA) is 46.2 Å². The van der Waals surface area contributed by atoms with Gasteiger partial charge in [0.05, 0.1) is 39.6 Å². The van der Waals surface area contributed by atoms with Crippen LogP contribution >= 0.6 is 0 Å². The van der Waals surface area contributed by atoms with E-state index >= 15 is 0 Å². The van der Waals surface area contributed by atoms with Gasteiger partial charge in [0, 0.05) is 0 Å². The molecule has 6 rings (SSSR count). The summed E-state index contributed by atoms with van der Waals surface area (Å²) in [4.78, 5) is 0. The molecule has 33 heavy (non-hydrogen) atoms. The summed E-state index contributed by atoms with van der Waals surface area (Å²) in [6, 6.07) is 13.7. The molecule has 5 nitrogen and oxygen atoms in total. The summed E-state index contributed by atoms with van der Waals surface area (Å²) in [5.74, 6) is 4.15. The highest BCUT2D eigenvalue weighted by molar-refractivity contribution is 5.56. The molecule has 0 amide bonds. The van der Waals surface area contributed by atoms with E-state index in [2.05, 4.69) is 36.4 Å². The maximum atomic E-state index is 6.51. The van der Waals surface area contributed by atoms with Gasteiger partial charge in [-0.1, -0.05) is 36.4 Å². The first kappa shape index (κ1) is 21.5. The second-order valence-corrected chi connectivity index (χ2v) is 9.65. The number of rotatable bonds is 0. The van der Waals surface area contributed by atoms with Gasteiger partial charge in [-0.15, -0.1) is 0 Å². The molecule has 176 valence electrons. The van der Waals surface area contributed by atoms with E-state index in [-0.39, 0.29) is 0 Å². The Morgan fingerprint density at radius 3 is 1.03 bits per heavy atom. The lowest BCUT2D eigenvalue weighted by Gasteiger charge is -2.44. The number of fused-ring (bicyclic) bond motifs is 3. The average Bonchev–Trinajstić information content (AvgIpc) is 2.77. The fraction of sp³-hybridized carbons (Fsp3) is 0.571. The van der Waals surface area contributed by atoms with Gasteiger partial charge < -0.3 is 23.7 Å². The van der Waals surface area contributed by atoms with Crippen LogP contribution in [0.15, 0.2) is 36.4 Å². The number of hydrogen-bond donors (Lipinski definition) is 0. The largest absolute Gasteiger partial charge is 0.491 e. The van der Waals surface area contributed by atoms with Crippen molar-refractivity contribution in [3.05, 3.63) is 58.7 Å². The SMILES string of the molecule is c1cc2c3c(c1)C1CCC1c1cccc(c1OCCOCCOCCOCCO3)C1CCC21. The highest BCUT2D eigenvalue weighted by Gasteiger charge is 2.43. The summed E-state index contributed by atoms with van der Waals surface area (Å²) in [7, 11) is 0. The first-order chi connectivity index (χ1) is 16.4. The molecule has 1 heterocycles. The Morgan fingerprint density at radius 1 is 0.424 bits per heavy atom. The monoisotopic (exact) mass is 450 g/mol. The van der Waals surface area contributed by atoms with Crippen LogP contribution in [0.3, 0.4) is 0 Å². The van der Waals surface area contributed by atoms with E-state index < -0.39 is 0 Å². The van der Waals surface area contributed by atoms with Gasteiger partial charge in [-0.3, -0.25) is 0 Å². The molecule has 4 aliphatic rings. The summed E-state index contributed by atoms with van der Waals surface area (Å²) in [6.45, 7) is 4.60. The van der Waals surface area contributed by atoms with Crippen LogP contribution in [0.25, 0.3) is 0 Å². The maximum Gasteiger partial charge on any atom is 0.126 e. The van der Waals surface area contributed by atoms with Gasteiger partial charge >= 0.3 is 0 Å². The van der Waals surface area contributed by atoms with Crippen molar-refractivity contribution in [3.8, 4) is 11.5 Å². The molecule has 2 aromatic carbocycles. The molecule has 5 heteroatoms. The van der Waals surface area contributed by atoms with Crippen LogP contribution in [-0.2, 0) is 14.2 Å². The van der Waals surface area contributed by atoms with Crippen LogP contribution in [0.1, 0.15) is 71.6 Å². The van der Waals surface area contributed by atoms with Gasteiger partial charge in [-0.2, -0.15) is 0 Å². The Balaban J connectivity index is 1.41. The van der Waals surface area contributed by atoms with Crippen LogP contribution in [0.4, 0.5) is 0 Å². The lowest BCUT2D eigenvalue weighted by molar-refractivity contribution is 0.00493. The molecule has 1 aliphatic heterocycles. The minimum atomic E-state index is 0.474. The number of ether oxygens (including phenoxy) is 5. The third-order valence-electron chi connectivity index (χ3n) is 7.99. The van der Waals surface area contributed by atoms with Gasteiger partial charge in [0.15, 0.2) is 0 Å². The van der Waals surface area contributed by atoms with Crippen molar-refractivity contribution >= 4 is 0 Å². The number of hydrogen-bond acceptors (Lipinski definition) is 5. The van der Waals surface area contributed by atoms with Crippen molar-refractivity contribution in [3.63, 3.8) is 0 Å². The van der Waals surface area contributed by atoms with E-state index in [1.54, 1.807) is 0 Å². The van der Waals surface area contributed by atoms with E-state index in [4.69, 9.17) is 23.7 Å². The molecule has 4 atom stereocenters. The first-order valence-electron chi connectivity index (χ1n) is 12.7. The van der Waals surface area contributed by atoms with Crippen molar-refractivity contribution in [2.75, 3.05) is 52.9 Å². The van der Waals surface area contributed by atoms with Gasteiger partial charge in [-0.25, -0.2) is 0 Å². The molecule has 0 saturated heterocycles. The van der Waals surface area contributed by atoms with Crippen molar-refractivity contribution in [2.45, 2.75) is 49.4 Å². The second kappa shape index (κ2) is 9.65. The normalized spacial score (nSPS) is 29.7. The third kappa shape index (κ3) is 4.05. The highest BCUT2D eigenvalue weighted by atomic mass is 16.6. The Bertz CT molecular complexity index is 839. The van der Waals surface area contributed by atoms with E-state index in [0.29, 0.717) is 76.5 Å². The third-order valence-corrected chi connectivity index (χ3v) is 7.99. The summed E-state index contributed by atoms with van der Waals surface area (Å²) >= 11 is 0. The molecule has 6 bridgehead atoms. The minimum Gasteiger partial charge on any atom is -0.491 e. The highest BCUT2D eigenvalue weighted by Crippen LogP contribution is 2.60. The second-order valence-electron chi connectivity index (χ2n) is 9.65. The zero-order chi connectivity index (χ0) is 22.0. The number of benzene rings is 2. The summed E-state index contributed by atoms with van der Waals surface area (Å²) < 4.78 is 30.2. The van der Waals surface area contributed by atoms with Gasteiger partial charge in [-0.05, 0) is 71.6 Å². The van der Waals surface area contributed by atoms with Gasteiger partial charge in [0.2, 0.25) is 0 Å². The molecule has 0 spiro atoms. The fourth-order valence-electron chi connectivity index (χ4n) is 6.08. The van der Waals surface area contributed by atoms with Crippen LogP contribution in [0.2, 0.25) is 0 Å². The molecular formula is C28H34O5. The lowest BCUT2D eigenvalue weighted by Crippen LogP contribution is -2.29. The molecule has 2 aromatic rings. The van der Waals surface area contributed by atoms with Crippen LogP contribution in [-0.4, -0.2) is 52.9 Å². The fourth-order valence-corrected chi connectivity index (χ4v) is 6.08. The minimum absolute atomic E-state index is 0.474. The predicted molar refractivity (Wildman–Crippen MR) is 126 cm³/mol. The molecule has 3 aliphatic carbocycles. The molecule has 0 N–H and O–H groups in total.